The molecule has 0 fully saturated rings. The fourth-order valence-corrected chi connectivity index (χ4v) is 5.38. The van der Waals surface area contributed by atoms with Crippen molar-refractivity contribution in [1.82, 2.24) is 19.7 Å². The summed E-state index contributed by atoms with van der Waals surface area (Å²) >= 11 is 21.0. The Morgan fingerprint density at radius 1 is 1.12 bits per heavy atom. The molecule has 12 heteroatoms. The molecule has 7 nitrogen and oxygen atoms in total. The molecule has 0 atom stereocenters. The van der Waals surface area contributed by atoms with Gasteiger partial charge < -0.3 is 14.6 Å². The van der Waals surface area contributed by atoms with Crippen LogP contribution in [0.25, 0.3) is 22.6 Å². The van der Waals surface area contributed by atoms with Crippen molar-refractivity contribution in [3.8, 4) is 28.4 Å². The molecule has 0 spiro atoms. The molecule has 0 aliphatic heterocycles. The van der Waals surface area contributed by atoms with Gasteiger partial charge >= 0.3 is 0 Å². The third kappa shape index (κ3) is 5.50. The van der Waals surface area contributed by atoms with Crippen molar-refractivity contribution in [3.05, 3.63) is 56.8 Å². The van der Waals surface area contributed by atoms with Crippen molar-refractivity contribution >= 4 is 68.9 Å². The van der Waals surface area contributed by atoms with Gasteiger partial charge in [0, 0.05) is 27.5 Å². The van der Waals surface area contributed by atoms with E-state index < -0.39 is 0 Å². The maximum absolute atomic E-state index is 12.6. The number of nitrogens with zero attached hydrogens (tertiary/aromatic N) is 4. The number of amides is 1. The zero-order valence-electron chi connectivity index (χ0n) is 18.0. The van der Waals surface area contributed by atoms with Gasteiger partial charge in [-0.1, -0.05) is 46.6 Å². The topological polar surface area (TPSA) is 81.9 Å². The number of aromatic nitrogens is 4. The van der Waals surface area contributed by atoms with E-state index in [1.54, 1.807) is 43.5 Å². The Balaban J connectivity index is 1.44. The van der Waals surface area contributed by atoms with Gasteiger partial charge in [-0.15, -0.1) is 21.5 Å². The van der Waals surface area contributed by atoms with E-state index >= 15 is 0 Å². The van der Waals surface area contributed by atoms with Crippen LogP contribution in [0, 0.1) is 0 Å². The Hall–Kier alpha value is -2.30. The molecule has 0 saturated carbocycles. The number of thiazole rings is 1. The van der Waals surface area contributed by atoms with Gasteiger partial charge in [0.25, 0.3) is 0 Å². The molecule has 0 aliphatic carbocycles. The molecule has 1 amide bonds. The smallest absolute Gasteiger partial charge is 0.236 e. The number of carbonyl (C=O) groups is 1. The van der Waals surface area contributed by atoms with Crippen LogP contribution in [0.5, 0.6) is 5.75 Å². The van der Waals surface area contributed by atoms with Crippen LogP contribution in [0.4, 0.5) is 5.13 Å². The Labute approximate surface area is 219 Å². The van der Waals surface area contributed by atoms with Gasteiger partial charge in [0.1, 0.15) is 5.75 Å². The third-order valence-corrected chi connectivity index (χ3v) is 7.23. The van der Waals surface area contributed by atoms with Crippen molar-refractivity contribution in [3.63, 3.8) is 0 Å². The van der Waals surface area contributed by atoms with E-state index in [4.69, 9.17) is 39.5 Å². The van der Waals surface area contributed by atoms with Crippen molar-refractivity contribution in [2.24, 2.45) is 0 Å². The second-order valence-electron chi connectivity index (χ2n) is 6.89. The molecule has 0 bridgehead atoms. The zero-order valence-corrected chi connectivity index (χ0v) is 21.9. The highest BCUT2D eigenvalue weighted by Gasteiger charge is 2.18. The summed E-state index contributed by atoms with van der Waals surface area (Å²) in [4.78, 5) is 17.0. The number of benzene rings is 2. The Morgan fingerprint density at radius 3 is 2.62 bits per heavy atom. The molecule has 4 rings (SSSR count). The van der Waals surface area contributed by atoms with E-state index in [0.717, 1.165) is 11.1 Å². The average molecular weight is 555 g/mol. The number of carbonyl (C=O) groups excluding carboxylic acids is 1. The van der Waals surface area contributed by atoms with Crippen LogP contribution < -0.4 is 10.1 Å². The highest BCUT2D eigenvalue weighted by atomic mass is 35.5. The van der Waals surface area contributed by atoms with Gasteiger partial charge in [0.05, 0.1) is 29.1 Å². The van der Waals surface area contributed by atoms with E-state index in [-0.39, 0.29) is 11.7 Å². The zero-order chi connectivity index (χ0) is 24.2. The van der Waals surface area contributed by atoms with Crippen LogP contribution in [-0.4, -0.2) is 38.5 Å². The normalized spacial score (nSPS) is 11.0. The number of thioether (sulfide) groups is 1. The van der Waals surface area contributed by atoms with Gasteiger partial charge in [-0.05, 0) is 43.3 Å². The minimum absolute atomic E-state index is 0.140. The first kappa shape index (κ1) is 24.8. The largest absolute Gasteiger partial charge is 0.496 e. The highest BCUT2D eigenvalue weighted by Crippen LogP contribution is 2.34. The first-order chi connectivity index (χ1) is 16.4. The summed E-state index contributed by atoms with van der Waals surface area (Å²) in [5.41, 5.74) is 2.15. The molecule has 2 aromatic carbocycles. The Morgan fingerprint density at radius 2 is 1.88 bits per heavy atom. The van der Waals surface area contributed by atoms with Gasteiger partial charge in [0.2, 0.25) is 5.91 Å². The first-order valence-corrected chi connectivity index (χ1v) is 13.0. The maximum atomic E-state index is 12.6. The molecule has 0 aliphatic rings. The summed E-state index contributed by atoms with van der Waals surface area (Å²) < 4.78 is 7.36. The molecule has 0 saturated heterocycles. The number of nitrogens with one attached hydrogen (secondary N) is 1. The maximum Gasteiger partial charge on any atom is 0.236 e. The second-order valence-corrected chi connectivity index (χ2v) is 9.97. The summed E-state index contributed by atoms with van der Waals surface area (Å²) in [5, 5.41) is 15.9. The van der Waals surface area contributed by atoms with E-state index in [9.17, 15) is 4.79 Å². The molecule has 0 radical (unpaired) electrons. The van der Waals surface area contributed by atoms with Gasteiger partial charge in [-0.25, -0.2) is 4.98 Å². The monoisotopic (exact) mass is 553 g/mol. The lowest BCUT2D eigenvalue weighted by Crippen LogP contribution is -2.14. The molecular weight excluding hydrogens is 537 g/mol. The molecule has 176 valence electrons. The highest BCUT2D eigenvalue weighted by molar-refractivity contribution is 7.99. The van der Waals surface area contributed by atoms with Crippen molar-refractivity contribution in [2.45, 2.75) is 18.6 Å². The number of anilines is 1. The van der Waals surface area contributed by atoms with E-state index in [1.807, 2.05) is 16.9 Å². The Kier molecular flexibility index (Phi) is 8.00. The third-order valence-electron chi connectivity index (χ3n) is 4.73. The van der Waals surface area contributed by atoms with E-state index in [2.05, 4.69) is 20.5 Å². The lowest BCUT2D eigenvalue weighted by Gasteiger charge is -2.11. The summed E-state index contributed by atoms with van der Waals surface area (Å²) in [6.45, 7) is 2.59. The summed E-state index contributed by atoms with van der Waals surface area (Å²) in [6.07, 6.45) is 0. The van der Waals surface area contributed by atoms with Crippen LogP contribution in [0.3, 0.4) is 0 Å². The predicted octanol–water partition coefficient (Wildman–Crippen LogP) is 6.79. The standard InChI is InChI=1S/C22H18Cl3N5O2S2/c1-3-30-20(15-8-12(23)5-7-18(15)32-2)28-29-22(30)34-11-19(31)27-21-26-17(10-33-21)14-6-4-13(24)9-16(14)25/h4-10H,3,11H2,1-2H3,(H,26,27,31). The van der Waals surface area contributed by atoms with E-state index in [1.165, 1.54) is 23.1 Å². The summed E-state index contributed by atoms with van der Waals surface area (Å²) in [6, 6.07) is 10.5. The minimum Gasteiger partial charge on any atom is -0.496 e. The average Bonchev–Trinajstić information content (AvgIpc) is 3.44. The molecule has 2 heterocycles. The number of ether oxygens (including phenoxy) is 1. The van der Waals surface area contributed by atoms with Gasteiger partial charge in [0.15, 0.2) is 16.1 Å². The first-order valence-electron chi connectivity index (χ1n) is 10.00. The number of rotatable bonds is 8. The predicted molar refractivity (Wildman–Crippen MR) is 140 cm³/mol. The fourth-order valence-electron chi connectivity index (χ4n) is 3.17. The number of methoxy groups -OCH3 is 1. The molecule has 2 aromatic heterocycles. The number of hydrogen-bond donors (Lipinski definition) is 1. The van der Waals surface area contributed by atoms with Crippen LogP contribution in [0.1, 0.15) is 6.92 Å². The van der Waals surface area contributed by atoms with Crippen LogP contribution in [-0.2, 0) is 11.3 Å². The van der Waals surface area contributed by atoms with Crippen molar-refractivity contribution in [1.29, 1.82) is 0 Å². The lowest BCUT2D eigenvalue weighted by molar-refractivity contribution is -0.113. The van der Waals surface area contributed by atoms with Crippen LogP contribution in [0.2, 0.25) is 15.1 Å². The SMILES string of the molecule is CCn1c(SCC(=O)Nc2nc(-c3ccc(Cl)cc3Cl)cs2)nnc1-c1cc(Cl)ccc1OC. The van der Waals surface area contributed by atoms with Crippen LogP contribution in [0.15, 0.2) is 46.9 Å². The number of hydrogen-bond acceptors (Lipinski definition) is 7. The quantitative estimate of drug-likeness (QED) is 0.242. The lowest BCUT2D eigenvalue weighted by atomic mass is 10.2. The van der Waals surface area contributed by atoms with Crippen LogP contribution >= 0.6 is 57.9 Å². The molecular formula is C22H18Cl3N5O2S2. The molecule has 0 unspecified atom stereocenters. The molecule has 4 aromatic rings. The molecule has 34 heavy (non-hydrogen) atoms. The number of halogens is 3. The minimum atomic E-state index is -0.208. The second kappa shape index (κ2) is 11.0. The van der Waals surface area contributed by atoms with Gasteiger partial charge in [-0.3, -0.25) is 4.79 Å². The van der Waals surface area contributed by atoms with Crippen molar-refractivity contribution in [2.75, 3.05) is 18.2 Å². The summed E-state index contributed by atoms with van der Waals surface area (Å²) in [5.74, 6) is 1.19. The molecule has 1 N–H and O–H groups in total. The van der Waals surface area contributed by atoms with Crippen molar-refractivity contribution < 1.29 is 9.53 Å². The summed E-state index contributed by atoms with van der Waals surface area (Å²) in [7, 11) is 1.59. The van der Waals surface area contributed by atoms with Gasteiger partial charge in [-0.2, -0.15) is 0 Å². The van der Waals surface area contributed by atoms with E-state index in [0.29, 0.717) is 49.2 Å². The fraction of sp³-hybridized carbons (Fsp3) is 0.182. The Bertz CT molecular complexity index is 1340.